The fourth-order valence-electron chi connectivity index (χ4n) is 0.826. The van der Waals surface area contributed by atoms with Gasteiger partial charge in [-0.15, -0.1) is 0 Å². The molecule has 6 nitrogen and oxygen atoms in total. The monoisotopic (exact) mass is 218 g/mol. The molecule has 0 fully saturated rings. The number of amides is 1. The van der Waals surface area contributed by atoms with Gasteiger partial charge in [-0.2, -0.15) is 0 Å². The maximum absolute atomic E-state index is 11.3. The number of carboxylic acids is 1. The molecule has 0 bridgehead atoms. The van der Waals surface area contributed by atoms with Gasteiger partial charge in [0.1, 0.15) is 6.61 Å². The number of ether oxygens (including phenoxy) is 1. The largest absolute Gasteiger partial charge is 0.480 e. The van der Waals surface area contributed by atoms with Crippen molar-refractivity contribution in [1.82, 2.24) is 5.32 Å². The van der Waals surface area contributed by atoms with E-state index in [1.54, 1.807) is 0 Å². The highest BCUT2D eigenvalue weighted by Gasteiger charge is 2.16. The summed E-state index contributed by atoms with van der Waals surface area (Å²) < 4.78 is 4.73. The Morgan fingerprint density at radius 1 is 1.47 bits per heavy atom. The van der Waals surface area contributed by atoms with Crippen LogP contribution in [0.5, 0.6) is 0 Å². The molecule has 1 atom stereocenters. The molecular weight excluding hydrogens is 200 g/mol. The number of carbonyl (C=O) groups excluding carboxylic acids is 1. The lowest BCUT2D eigenvalue weighted by Gasteiger charge is -2.14. The average molecular weight is 218 g/mol. The molecule has 0 rings (SSSR count). The molecule has 1 unspecified atom stereocenters. The maximum atomic E-state index is 11.3. The standard InChI is InChI=1S/C9H18N2O4/c1-6(2)8(10)9(14)11-3-4-15-5-7(12)13/h6,8H,3-5,10H2,1-2H3,(H,11,14)(H,12,13). The van der Waals surface area contributed by atoms with Crippen LogP contribution in [0.25, 0.3) is 0 Å². The molecule has 88 valence electrons. The molecular formula is C9H18N2O4. The molecule has 0 aliphatic carbocycles. The second-order valence-electron chi connectivity index (χ2n) is 3.51. The Bertz CT molecular complexity index is 218. The van der Waals surface area contributed by atoms with Crippen molar-refractivity contribution in [3.63, 3.8) is 0 Å². The predicted molar refractivity (Wildman–Crippen MR) is 54.3 cm³/mol. The number of aliphatic carboxylic acids is 1. The van der Waals surface area contributed by atoms with Crippen LogP contribution < -0.4 is 11.1 Å². The average Bonchev–Trinajstić information content (AvgIpc) is 2.15. The topological polar surface area (TPSA) is 102 Å². The van der Waals surface area contributed by atoms with Crippen LogP contribution in [-0.2, 0) is 14.3 Å². The summed E-state index contributed by atoms with van der Waals surface area (Å²) in [7, 11) is 0. The highest BCUT2D eigenvalue weighted by molar-refractivity contribution is 5.81. The highest BCUT2D eigenvalue weighted by Crippen LogP contribution is 1.97. The molecule has 15 heavy (non-hydrogen) atoms. The van der Waals surface area contributed by atoms with E-state index in [9.17, 15) is 9.59 Å². The lowest BCUT2D eigenvalue weighted by molar-refractivity contribution is -0.142. The molecule has 0 aromatic carbocycles. The van der Waals surface area contributed by atoms with Crippen LogP contribution in [-0.4, -0.2) is 42.8 Å². The number of rotatable bonds is 7. The van der Waals surface area contributed by atoms with Gasteiger partial charge < -0.3 is 20.9 Å². The molecule has 0 saturated heterocycles. The molecule has 0 aromatic rings. The Balaban J connectivity index is 3.51. The number of hydrogen-bond acceptors (Lipinski definition) is 4. The first-order chi connectivity index (χ1) is 6.95. The number of carboxylic acid groups (broad SMARTS) is 1. The molecule has 0 radical (unpaired) electrons. The number of hydrogen-bond donors (Lipinski definition) is 3. The van der Waals surface area contributed by atoms with Gasteiger partial charge >= 0.3 is 5.97 Å². The Labute approximate surface area is 88.8 Å². The predicted octanol–water partition coefficient (Wildman–Crippen LogP) is -0.813. The number of nitrogens with two attached hydrogens (primary N) is 1. The summed E-state index contributed by atoms with van der Waals surface area (Å²) >= 11 is 0. The lowest BCUT2D eigenvalue weighted by Crippen LogP contribution is -2.44. The van der Waals surface area contributed by atoms with Crippen molar-refractivity contribution < 1.29 is 19.4 Å². The summed E-state index contributed by atoms with van der Waals surface area (Å²) in [4.78, 5) is 21.3. The molecule has 0 spiro atoms. The summed E-state index contributed by atoms with van der Waals surface area (Å²) in [5, 5.41) is 10.8. The van der Waals surface area contributed by atoms with Gasteiger partial charge in [0.2, 0.25) is 5.91 Å². The summed E-state index contributed by atoms with van der Waals surface area (Å²) in [6, 6.07) is -0.538. The van der Waals surface area contributed by atoms with Crippen LogP contribution in [0.15, 0.2) is 0 Å². The second-order valence-corrected chi connectivity index (χ2v) is 3.51. The van der Waals surface area contributed by atoms with Gasteiger partial charge in [0.15, 0.2) is 0 Å². The fourth-order valence-corrected chi connectivity index (χ4v) is 0.826. The van der Waals surface area contributed by atoms with Gasteiger partial charge in [-0.3, -0.25) is 4.79 Å². The quantitative estimate of drug-likeness (QED) is 0.485. The highest BCUT2D eigenvalue weighted by atomic mass is 16.5. The Hall–Kier alpha value is -1.14. The summed E-state index contributed by atoms with van der Waals surface area (Å²) in [5.41, 5.74) is 5.58. The molecule has 0 aromatic heterocycles. The minimum atomic E-state index is -1.03. The number of carbonyl (C=O) groups is 2. The molecule has 0 heterocycles. The normalized spacial score (nSPS) is 12.5. The molecule has 0 aliphatic rings. The van der Waals surface area contributed by atoms with E-state index in [0.29, 0.717) is 0 Å². The van der Waals surface area contributed by atoms with Crippen LogP contribution in [0.3, 0.4) is 0 Å². The summed E-state index contributed by atoms with van der Waals surface area (Å²) in [6.45, 7) is 3.79. The first-order valence-corrected chi connectivity index (χ1v) is 4.78. The lowest BCUT2D eigenvalue weighted by atomic mass is 10.1. The van der Waals surface area contributed by atoms with Crippen LogP contribution in [0.2, 0.25) is 0 Å². The fraction of sp³-hybridized carbons (Fsp3) is 0.778. The van der Waals surface area contributed by atoms with E-state index < -0.39 is 12.0 Å². The van der Waals surface area contributed by atoms with Crippen molar-refractivity contribution in [2.75, 3.05) is 19.8 Å². The SMILES string of the molecule is CC(C)C(N)C(=O)NCCOCC(=O)O. The molecule has 6 heteroatoms. The van der Waals surface area contributed by atoms with E-state index in [0.717, 1.165) is 0 Å². The molecule has 0 saturated carbocycles. The molecule has 0 aliphatic heterocycles. The third-order valence-electron chi connectivity index (χ3n) is 1.79. The van der Waals surface area contributed by atoms with E-state index >= 15 is 0 Å². The van der Waals surface area contributed by atoms with Crippen LogP contribution in [0.4, 0.5) is 0 Å². The van der Waals surface area contributed by atoms with Gasteiger partial charge in [0.05, 0.1) is 12.6 Å². The summed E-state index contributed by atoms with van der Waals surface area (Å²) in [6.07, 6.45) is 0. The van der Waals surface area contributed by atoms with Crippen LogP contribution in [0.1, 0.15) is 13.8 Å². The molecule has 1 amide bonds. The third kappa shape index (κ3) is 6.87. The smallest absolute Gasteiger partial charge is 0.329 e. The van der Waals surface area contributed by atoms with Crippen LogP contribution >= 0.6 is 0 Å². The van der Waals surface area contributed by atoms with E-state index in [2.05, 4.69) is 5.32 Å². The van der Waals surface area contributed by atoms with Gasteiger partial charge in [-0.25, -0.2) is 4.79 Å². The van der Waals surface area contributed by atoms with Gasteiger partial charge in [-0.1, -0.05) is 13.8 Å². The van der Waals surface area contributed by atoms with Crippen molar-refractivity contribution in [1.29, 1.82) is 0 Å². The van der Waals surface area contributed by atoms with Crippen molar-refractivity contribution in [2.24, 2.45) is 11.7 Å². The third-order valence-corrected chi connectivity index (χ3v) is 1.79. The van der Waals surface area contributed by atoms with Crippen molar-refractivity contribution in [3.8, 4) is 0 Å². The Morgan fingerprint density at radius 2 is 2.07 bits per heavy atom. The first-order valence-electron chi connectivity index (χ1n) is 4.78. The van der Waals surface area contributed by atoms with E-state index in [-0.39, 0.29) is 31.6 Å². The molecule has 4 N–H and O–H groups in total. The van der Waals surface area contributed by atoms with E-state index in [1.807, 2.05) is 13.8 Å². The zero-order valence-electron chi connectivity index (χ0n) is 9.03. The van der Waals surface area contributed by atoms with Gasteiger partial charge in [-0.05, 0) is 5.92 Å². The minimum absolute atomic E-state index is 0.0740. The zero-order chi connectivity index (χ0) is 11.8. The zero-order valence-corrected chi connectivity index (χ0v) is 9.03. The second kappa shape index (κ2) is 7.19. The maximum Gasteiger partial charge on any atom is 0.329 e. The first kappa shape index (κ1) is 13.9. The van der Waals surface area contributed by atoms with E-state index in [1.165, 1.54) is 0 Å². The summed E-state index contributed by atoms with van der Waals surface area (Å²) in [5.74, 6) is -1.20. The van der Waals surface area contributed by atoms with Crippen molar-refractivity contribution in [3.05, 3.63) is 0 Å². The van der Waals surface area contributed by atoms with Gasteiger partial charge in [0, 0.05) is 6.54 Å². The minimum Gasteiger partial charge on any atom is -0.480 e. The Kier molecular flexibility index (Phi) is 6.64. The van der Waals surface area contributed by atoms with E-state index in [4.69, 9.17) is 15.6 Å². The van der Waals surface area contributed by atoms with Crippen molar-refractivity contribution in [2.45, 2.75) is 19.9 Å². The van der Waals surface area contributed by atoms with Crippen LogP contribution in [0, 0.1) is 5.92 Å². The van der Waals surface area contributed by atoms with Crippen molar-refractivity contribution >= 4 is 11.9 Å². The van der Waals surface area contributed by atoms with Gasteiger partial charge in [0.25, 0.3) is 0 Å². The number of nitrogens with one attached hydrogen (secondary N) is 1. The Morgan fingerprint density at radius 3 is 2.53 bits per heavy atom.